The van der Waals surface area contributed by atoms with Crippen LogP contribution in [0.25, 0.3) is 22.2 Å². The Morgan fingerprint density at radius 1 is 1.03 bits per heavy atom. The van der Waals surface area contributed by atoms with Gasteiger partial charge in [0.25, 0.3) is 0 Å². The van der Waals surface area contributed by atoms with Gasteiger partial charge in [0, 0.05) is 55.5 Å². The first-order valence-electron chi connectivity index (χ1n) is 9.56. The van der Waals surface area contributed by atoms with Crippen LogP contribution in [0.5, 0.6) is 0 Å². The van der Waals surface area contributed by atoms with Crippen LogP contribution in [0.4, 0.5) is 19.0 Å². The zero-order chi connectivity index (χ0) is 21.2. The second-order valence-corrected chi connectivity index (χ2v) is 7.77. The molecule has 1 aliphatic rings. The third-order valence-electron chi connectivity index (χ3n) is 5.53. The number of nitrogens with zero attached hydrogens (tertiary/aromatic N) is 6. The Bertz CT molecular complexity index is 1250. The van der Waals surface area contributed by atoms with E-state index in [0.29, 0.717) is 17.2 Å². The van der Waals surface area contributed by atoms with Gasteiger partial charge in [0.2, 0.25) is 0 Å². The lowest BCUT2D eigenvalue weighted by Gasteiger charge is -2.33. The van der Waals surface area contributed by atoms with Gasteiger partial charge in [-0.15, -0.1) is 0 Å². The highest BCUT2D eigenvalue weighted by molar-refractivity contribution is 5.83. The van der Waals surface area contributed by atoms with Gasteiger partial charge in [-0.1, -0.05) is 6.07 Å². The molecule has 4 aromatic rings. The maximum absolute atomic E-state index is 13.9. The van der Waals surface area contributed by atoms with Crippen molar-refractivity contribution in [1.29, 1.82) is 0 Å². The van der Waals surface area contributed by atoms with Crippen LogP contribution < -0.4 is 5.32 Å². The van der Waals surface area contributed by atoms with E-state index in [2.05, 4.69) is 20.6 Å². The van der Waals surface area contributed by atoms with E-state index in [1.165, 1.54) is 0 Å². The third-order valence-corrected chi connectivity index (χ3v) is 5.53. The zero-order valence-corrected chi connectivity index (χ0v) is 16.6. The molecular formula is C20H20F3N7. The highest BCUT2D eigenvalue weighted by Crippen LogP contribution is 2.45. The second-order valence-electron chi connectivity index (χ2n) is 7.77. The van der Waals surface area contributed by atoms with Gasteiger partial charge >= 0.3 is 6.18 Å². The van der Waals surface area contributed by atoms with E-state index in [0.717, 1.165) is 26.7 Å². The number of aromatic nitrogens is 6. The minimum Gasteiger partial charge on any atom is -0.363 e. The van der Waals surface area contributed by atoms with Crippen LogP contribution in [0, 0.1) is 6.92 Å². The summed E-state index contributed by atoms with van der Waals surface area (Å²) in [4.78, 5) is 0. The van der Waals surface area contributed by atoms with Crippen molar-refractivity contribution >= 4 is 16.7 Å². The van der Waals surface area contributed by atoms with Crippen molar-refractivity contribution in [3.05, 3.63) is 47.9 Å². The summed E-state index contributed by atoms with van der Waals surface area (Å²) in [6.07, 6.45) is -0.926. The van der Waals surface area contributed by atoms with Crippen LogP contribution in [0.1, 0.15) is 29.8 Å². The summed E-state index contributed by atoms with van der Waals surface area (Å²) in [5.74, 6) is 0.345. The molecule has 4 heterocycles. The lowest BCUT2D eigenvalue weighted by molar-refractivity contribution is -0.173. The smallest absolute Gasteiger partial charge is 0.363 e. The molecule has 156 valence electrons. The number of hydrogen-bond acceptors (Lipinski definition) is 4. The molecule has 1 aromatic carbocycles. The number of benzene rings is 1. The molecular weight excluding hydrogens is 395 g/mol. The normalized spacial score (nSPS) is 19.1. The SMILES string of the molecule is Cc1nn(C)cc1[C@@H]1C[C@H](C(F)(F)F)n2nc(-c3ccc4nn(C)cc4c3)cc2N1. The predicted molar refractivity (Wildman–Crippen MR) is 106 cm³/mol. The molecule has 30 heavy (non-hydrogen) atoms. The van der Waals surface area contributed by atoms with Crippen molar-refractivity contribution in [1.82, 2.24) is 29.3 Å². The highest BCUT2D eigenvalue weighted by Gasteiger charge is 2.47. The Morgan fingerprint density at radius 2 is 1.80 bits per heavy atom. The number of alkyl halides is 3. The number of hydrogen-bond donors (Lipinski definition) is 1. The van der Waals surface area contributed by atoms with E-state index >= 15 is 0 Å². The molecule has 0 unspecified atom stereocenters. The number of fused-ring (bicyclic) bond motifs is 2. The van der Waals surface area contributed by atoms with Gasteiger partial charge < -0.3 is 5.32 Å². The number of anilines is 1. The third kappa shape index (κ3) is 3.03. The minimum absolute atomic E-state index is 0.147. The summed E-state index contributed by atoms with van der Waals surface area (Å²) >= 11 is 0. The van der Waals surface area contributed by atoms with Crippen molar-refractivity contribution in [2.75, 3.05) is 5.32 Å². The summed E-state index contributed by atoms with van der Waals surface area (Å²) in [7, 11) is 3.59. The molecule has 2 atom stereocenters. The number of nitrogens with one attached hydrogen (secondary N) is 1. The number of aryl methyl sites for hydroxylation is 3. The molecule has 0 fully saturated rings. The summed E-state index contributed by atoms with van der Waals surface area (Å²) in [6, 6.07) is 5.03. The molecule has 1 aliphatic heterocycles. The molecule has 0 radical (unpaired) electrons. The largest absolute Gasteiger partial charge is 0.410 e. The van der Waals surface area contributed by atoms with Crippen LogP contribution in [0.15, 0.2) is 36.7 Å². The van der Waals surface area contributed by atoms with Crippen LogP contribution in [-0.2, 0) is 14.1 Å². The van der Waals surface area contributed by atoms with E-state index < -0.39 is 18.3 Å². The Morgan fingerprint density at radius 3 is 2.50 bits per heavy atom. The van der Waals surface area contributed by atoms with Crippen molar-refractivity contribution < 1.29 is 13.2 Å². The fourth-order valence-corrected chi connectivity index (χ4v) is 4.19. The molecule has 0 spiro atoms. The molecule has 7 nitrogen and oxygen atoms in total. The summed E-state index contributed by atoms with van der Waals surface area (Å²) in [5, 5.41) is 17.1. The predicted octanol–water partition coefficient (Wildman–Crippen LogP) is 4.14. The van der Waals surface area contributed by atoms with E-state index in [4.69, 9.17) is 0 Å². The van der Waals surface area contributed by atoms with Gasteiger partial charge in [0.1, 0.15) is 5.82 Å². The summed E-state index contributed by atoms with van der Waals surface area (Å²) < 4.78 is 46.1. The highest BCUT2D eigenvalue weighted by atomic mass is 19.4. The Balaban J connectivity index is 1.58. The summed E-state index contributed by atoms with van der Waals surface area (Å²) in [6.45, 7) is 1.81. The first-order chi connectivity index (χ1) is 14.2. The molecule has 0 bridgehead atoms. The quantitative estimate of drug-likeness (QED) is 0.535. The maximum Gasteiger partial charge on any atom is 0.410 e. The monoisotopic (exact) mass is 415 g/mol. The molecule has 0 saturated carbocycles. The molecule has 0 saturated heterocycles. The minimum atomic E-state index is -4.41. The van der Waals surface area contributed by atoms with Crippen molar-refractivity contribution in [2.24, 2.45) is 14.1 Å². The van der Waals surface area contributed by atoms with Gasteiger partial charge in [0.05, 0.1) is 22.9 Å². The van der Waals surface area contributed by atoms with E-state index in [-0.39, 0.29) is 6.42 Å². The average Bonchev–Trinajstić information content (AvgIpc) is 3.34. The Labute approximate surface area is 170 Å². The lowest BCUT2D eigenvalue weighted by atomic mass is 9.97. The topological polar surface area (TPSA) is 65.5 Å². The van der Waals surface area contributed by atoms with Gasteiger partial charge in [-0.2, -0.15) is 28.5 Å². The van der Waals surface area contributed by atoms with Crippen LogP contribution in [0.3, 0.4) is 0 Å². The fraction of sp³-hybridized carbons (Fsp3) is 0.350. The molecule has 5 rings (SSSR count). The van der Waals surface area contributed by atoms with Crippen LogP contribution in [-0.4, -0.2) is 35.5 Å². The lowest BCUT2D eigenvalue weighted by Crippen LogP contribution is -2.35. The average molecular weight is 415 g/mol. The molecule has 0 aliphatic carbocycles. The van der Waals surface area contributed by atoms with Crippen LogP contribution >= 0.6 is 0 Å². The molecule has 1 N–H and O–H groups in total. The summed E-state index contributed by atoms with van der Waals surface area (Å²) in [5.41, 5.74) is 3.53. The zero-order valence-electron chi connectivity index (χ0n) is 16.6. The maximum atomic E-state index is 13.9. The molecule has 0 amide bonds. The van der Waals surface area contributed by atoms with Gasteiger partial charge in [-0.3, -0.25) is 9.36 Å². The second kappa shape index (κ2) is 6.35. The van der Waals surface area contributed by atoms with Gasteiger partial charge in [-0.05, 0) is 19.1 Å². The fourth-order valence-electron chi connectivity index (χ4n) is 4.19. The Kier molecular flexibility index (Phi) is 3.96. The van der Waals surface area contributed by atoms with Crippen LogP contribution in [0.2, 0.25) is 0 Å². The number of halogens is 3. The Hall–Kier alpha value is -3.30. The standard InChI is InChI=1S/C20H20F3N7/c1-11-14(10-29(3)25-11)17-7-18(20(21,22)23)30-19(24-17)8-16(27-30)12-4-5-15-13(6-12)9-28(2)26-15/h4-6,8-10,17-18,24H,7H2,1-3H3/t17-,18+/m0/s1. The van der Waals surface area contributed by atoms with E-state index in [1.807, 2.05) is 31.4 Å². The van der Waals surface area contributed by atoms with Crippen molar-refractivity contribution in [2.45, 2.75) is 31.6 Å². The van der Waals surface area contributed by atoms with Crippen molar-refractivity contribution in [3.8, 4) is 11.3 Å². The first kappa shape index (κ1) is 18.7. The molecule has 10 heteroatoms. The van der Waals surface area contributed by atoms with Gasteiger partial charge in [0.15, 0.2) is 6.04 Å². The van der Waals surface area contributed by atoms with E-state index in [9.17, 15) is 13.2 Å². The molecule has 3 aromatic heterocycles. The number of rotatable bonds is 2. The van der Waals surface area contributed by atoms with E-state index in [1.54, 1.807) is 35.6 Å². The van der Waals surface area contributed by atoms with Gasteiger partial charge in [-0.25, -0.2) is 4.68 Å². The first-order valence-corrected chi connectivity index (χ1v) is 9.56. The van der Waals surface area contributed by atoms with Crippen molar-refractivity contribution in [3.63, 3.8) is 0 Å².